The van der Waals surface area contributed by atoms with Crippen molar-refractivity contribution in [1.82, 2.24) is 4.90 Å². The van der Waals surface area contributed by atoms with Gasteiger partial charge in [-0.2, -0.15) is 0 Å². The molecule has 5 fully saturated rings. The first-order valence-electron chi connectivity index (χ1n) is 16.2. The van der Waals surface area contributed by atoms with E-state index < -0.39 is 0 Å². The molecule has 3 N–H and O–H groups in total. The third-order valence-electron chi connectivity index (χ3n) is 13.1. The summed E-state index contributed by atoms with van der Waals surface area (Å²) in [5.41, 5.74) is 1.13. The summed E-state index contributed by atoms with van der Waals surface area (Å²) in [6.45, 7) is 10.3. The molecule has 0 bridgehead atoms. The van der Waals surface area contributed by atoms with E-state index in [0.29, 0.717) is 36.0 Å². The van der Waals surface area contributed by atoms with E-state index in [-0.39, 0.29) is 41.0 Å². The average molecular weight is 553 g/mol. The van der Waals surface area contributed by atoms with Gasteiger partial charge < -0.3 is 25.1 Å². The van der Waals surface area contributed by atoms with Gasteiger partial charge in [0.05, 0.1) is 18.3 Å². The summed E-state index contributed by atoms with van der Waals surface area (Å²) in [6.07, 6.45) is 6.86. The Kier molecular flexibility index (Phi) is 7.76. The highest BCUT2D eigenvalue weighted by atomic mass is 16.3. The number of nitrogens with zero attached hydrogens (tertiary/aromatic N) is 2. The van der Waals surface area contributed by atoms with Crippen LogP contribution < -0.4 is 4.90 Å². The Bertz CT molecular complexity index is 1040. The van der Waals surface area contributed by atoms with Gasteiger partial charge in [-0.25, -0.2) is 0 Å². The molecule has 0 unspecified atom stereocenters. The number of hydrogen-bond donors (Lipinski definition) is 3. The molecule has 6 heteroatoms. The molecular weight excluding hydrogens is 500 g/mol. The number of piperazine rings is 1. The Labute approximate surface area is 241 Å². The summed E-state index contributed by atoms with van der Waals surface area (Å²) in [6, 6.07) is 10.5. The van der Waals surface area contributed by atoms with Gasteiger partial charge in [-0.1, -0.05) is 39.0 Å². The summed E-state index contributed by atoms with van der Waals surface area (Å²) in [5.74, 6) is 2.25. The van der Waals surface area contributed by atoms with Crippen molar-refractivity contribution in [1.29, 1.82) is 0 Å². The van der Waals surface area contributed by atoms with Crippen LogP contribution in [0.25, 0.3) is 0 Å². The zero-order valence-electron chi connectivity index (χ0n) is 24.9. The number of anilines is 1. The van der Waals surface area contributed by atoms with E-state index in [9.17, 15) is 20.1 Å². The fourth-order valence-electron chi connectivity index (χ4n) is 10.7. The van der Waals surface area contributed by atoms with Crippen LogP contribution in [-0.4, -0.2) is 70.6 Å². The van der Waals surface area contributed by atoms with Gasteiger partial charge in [-0.15, -0.1) is 0 Å². The van der Waals surface area contributed by atoms with Crippen LogP contribution in [-0.2, 0) is 4.79 Å². The fraction of sp³-hybridized carbons (Fsp3) is 0.794. The maximum atomic E-state index is 13.2. The lowest BCUT2D eigenvalue weighted by atomic mass is 9.43. The highest BCUT2D eigenvalue weighted by Crippen LogP contribution is 2.68. The minimum absolute atomic E-state index is 0.103. The van der Waals surface area contributed by atoms with Crippen molar-refractivity contribution in [2.24, 2.45) is 46.3 Å². The van der Waals surface area contributed by atoms with Gasteiger partial charge in [0, 0.05) is 38.3 Å². The topological polar surface area (TPSA) is 84.2 Å². The molecule has 1 amide bonds. The maximum absolute atomic E-state index is 13.2. The van der Waals surface area contributed by atoms with Crippen LogP contribution in [0, 0.1) is 46.3 Å². The number of hydrogen-bond acceptors (Lipinski definition) is 5. The number of fused-ring (bicyclic) bond motifs is 5. The minimum atomic E-state index is -0.370. The fourth-order valence-corrected chi connectivity index (χ4v) is 10.7. The first kappa shape index (κ1) is 28.5. The molecule has 1 aromatic carbocycles. The molecule has 5 aliphatic rings. The molecule has 6 nitrogen and oxygen atoms in total. The monoisotopic (exact) mass is 552 g/mol. The van der Waals surface area contributed by atoms with Gasteiger partial charge in [0.1, 0.15) is 0 Å². The predicted molar refractivity (Wildman–Crippen MR) is 158 cm³/mol. The Morgan fingerprint density at radius 1 is 0.950 bits per heavy atom. The van der Waals surface area contributed by atoms with Crippen molar-refractivity contribution in [2.45, 2.75) is 96.9 Å². The summed E-state index contributed by atoms with van der Waals surface area (Å²) in [5, 5.41) is 33.7. The second-order valence-electron chi connectivity index (χ2n) is 14.7. The van der Waals surface area contributed by atoms with Crippen molar-refractivity contribution in [3.63, 3.8) is 0 Å². The van der Waals surface area contributed by atoms with Crippen molar-refractivity contribution in [3.05, 3.63) is 30.3 Å². The molecule has 0 aromatic heterocycles. The van der Waals surface area contributed by atoms with Crippen LogP contribution >= 0.6 is 0 Å². The van der Waals surface area contributed by atoms with Crippen LogP contribution in [0.3, 0.4) is 0 Å². The third kappa shape index (κ3) is 4.70. The van der Waals surface area contributed by atoms with E-state index >= 15 is 0 Å². The Morgan fingerprint density at radius 3 is 2.40 bits per heavy atom. The lowest BCUT2D eigenvalue weighted by Gasteiger charge is -2.63. The first-order valence-corrected chi connectivity index (χ1v) is 16.2. The van der Waals surface area contributed by atoms with Crippen molar-refractivity contribution in [3.8, 4) is 0 Å². The first-order chi connectivity index (χ1) is 19.1. The molecule has 222 valence electrons. The minimum Gasteiger partial charge on any atom is -0.393 e. The second kappa shape index (κ2) is 10.9. The van der Waals surface area contributed by atoms with Gasteiger partial charge in [0.2, 0.25) is 5.91 Å². The van der Waals surface area contributed by atoms with Crippen LogP contribution in [0.2, 0.25) is 0 Å². The molecule has 1 heterocycles. The summed E-state index contributed by atoms with van der Waals surface area (Å²) in [7, 11) is 0. The molecule has 4 saturated carbocycles. The van der Waals surface area contributed by atoms with E-state index in [1.807, 2.05) is 11.0 Å². The third-order valence-corrected chi connectivity index (χ3v) is 13.1. The molecule has 1 saturated heterocycles. The van der Waals surface area contributed by atoms with Gasteiger partial charge in [0.15, 0.2) is 0 Å². The average Bonchev–Trinajstić information content (AvgIpc) is 3.32. The van der Waals surface area contributed by atoms with Crippen LogP contribution in [0.15, 0.2) is 30.3 Å². The predicted octanol–water partition coefficient (Wildman–Crippen LogP) is 4.71. The summed E-state index contributed by atoms with van der Waals surface area (Å²) in [4.78, 5) is 17.6. The van der Waals surface area contributed by atoms with Crippen molar-refractivity contribution in [2.75, 3.05) is 31.1 Å². The zero-order chi connectivity index (χ0) is 28.2. The lowest BCUT2D eigenvalue weighted by Crippen LogP contribution is -2.62. The normalized spacial score (nSPS) is 44.0. The molecule has 1 aliphatic heterocycles. The van der Waals surface area contributed by atoms with Gasteiger partial charge in [-0.05, 0) is 110 Å². The Balaban J connectivity index is 1.08. The number of aliphatic hydroxyl groups excluding tert-OH is 3. The number of benzene rings is 1. The maximum Gasteiger partial charge on any atom is 0.222 e. The van der Waals surface area contributed by atoms with Crippen molar-refractivity contribution < 1.29 is 20.1 Å². The largest absolute Gasteiger partial charge is 0.393 e. The number of carbonyl (C=O) groups excluding carboxylic acids is 1. The highest BCUT2D eigenvalue weighted by Gasteiger charge is 2.65. The van der Waals surface area contributed by atoms with Crippen LogP contribution in [0.4, 0.5) is 5.69 Å². The van der Waals surface area contributed by atoms with E-state index in [0.717, 1.165) is 77.5 Å². The number of para-hydroxylation sites is 1. The quantitative estimate of drug-likeness (QED) is 0.493. The lowest BCUT2D eigenvalue weighted by molar-refractivity contribution is -0.207. The van der Waals surface area contributed by atoms with E-state index in [4.69, 9.17) is 0 Å². The highest BCUT2D eigenvalue weighted by molar-refractivity contribution is 5.76. The molecule has 4 aliphatic carbocycles. The van der Waals surface area contributed by atoms with Gasteiger partial charge in [0.25, 0.3) is 0 Å². The summed E-state index contributed by atoms with van der Waals surface area (Å²) >= 11 is 0. The van der Waals surface area contributed by atoms with Crippen LogP contribution in [0.1, 0.15) is 78.6 Å². The Hall–Kier alpha value is -1.63. The van der Waals surface area contributed by atoms with E-state index in [2.05, 4.69) is 49.9 Å². The molecule has 0 radical (unpaired) electrons. The number of amides is 1. The molecule has 11 atom stereocenters. The molecular formula is C34H52N2O4. The van der Waals surface area contributed by atoms with E-state index in [1.54, 1.807) is 0 Å². The number of rotatable bonds is 5. The molecule has 1 aromatic rings. The number of carbonyl (C=O) groups is 1. The molecule has 40 heavy (non-hydrogen) atoms. The van der Waals surface area contributed by atoms with E-state index in [1.165, 1.54) is 5.69 Å². The SMILES string of the molecule is C[C@H](CCC(=O)N1CCN(c2ccccc2)CC1)[C@H]1CC[C@H]2[C@@H]3[C@H](O)C[C@@H]4C[C@H](O)CC[C@]4(C)[C@H]3C[C@H](O)[C@]12C. The number of aliphatic hydroxyl groups is 3. The smallest absolute Gasteiger partial charge is 0.222 e. The summed E-state index contributed by atoms with van der Waals surface area (Å²) < 4.78 is 0. The second-order valence-corrected chi connectivity index (χ2v) is 14.7. The van der Waals surface area contributed by atoms with Gasteiger partial charge >= 0.3 is 0 Å². The zero-order valence-corrected chi connectivity index (χ0v) is 24.9. The molecule has 6 rings (SSSR count). The Morgan fingerprint density at radius 2 is 1.68 bits per heavy atom. The standard InChI is InChI=1S/C34H52N2O4/c1-22(9-12-31(40)36-17-15-35(16-18-36)24-7-5-4-6-8-24)26-10-11-27-32-28(21-30(39)34(26,27)3)33(2)14-13-25(37)19-23(33)20-29(32)38/h4-8,22-23,25-30,32,37-39H,9-21H2,1-3H3/t22-,23+,25-,26-,27+,28+,29-,30+,32+,33+,34-/m1/s1. The molecule has 0 spiro atoms. The van der Waals surface area contributed by atoms with Gasteiger partial charge in [-0.3, -0.25) is 4.79 Å². The van der Waals surface area contributed by atoms with Crippen LogP contribution in [0.5, 0.6) is 0 Å². The van der Waals surface area contributed by atoms with Crippen molar-refractivity contribution >= 4 is 11.6 Å².